The smallest absolute Gasteiger partial charge is 0.315 e. The number of hydrogen-bond acceptors (Lipinski definition) is 27. The van der Waals surface area contributed by atoms with Gasteiger partial charge in [0.25, 0.3) is 0 Å². The molecule has 0 aromatic carbocycles. The molecule has 9 fully saturated rings. The van der Waals surface area contributed by atoms with Crippen LogP contribution in [0.5, 0.6) is 0 Å². The molecule has 0 bridgehead atoms. The standard InChI is InChI=1S/C59H96O27/c1-23-11-16-59(53(75)86-50-43(73)40(70)37(67)29(82-50)22-78-48-41(71)38(68)35(65)27(19-60)80-48)18-17-56(6)25(47(59)58(23,8)76)9-10-31-55(5)14-13-32(54(3,4)30(55)12-15-57(31,56)7)83-52-46(34(64)26(62)21-77-52)85-51-44(74)45(33(63)24(2)79-51)84-49-42(72)39(69)36(66)28(20-61)81-49/h9,23-24,26-52,60-74,76H,10-22H2,1-8H3/t23-,24+,26-,27-,28-,29-,30+,31-,32+,33+,34-,35-,36-,37-,38+,39+,40+,41-,42-,43-,44-,45-,46+,47-,48-,49+,50+,51+,52+,55+,56-,57-,58-,59+/m1/s1. The van der Waals surface area contributed by atoms with Crippen LogP contribution in [-0.2, 0) is 52.2 Å². The van der Waals surface area contributed by atoms with Gasteiger partial charge in [0.2, 0.25) is 6.29 Å². The molecule has 16 N–H and O–H groups in total. The highest BCUT2D eigenvalue weighted by molar-refractivity contribution is 5.79. The van der Waals surface area contributed by atoms with Gasteiger partial charge in [-0.05, 0) is 111 Å². The Bertz CT molecular complexity index is 2400. The van der Waals surface area contributed by atoms with Crippen molar-refractivity contribution in [3.05, 3.63) is 11.6 Å². The average Bonchev–Trinajstić information content (AvgIpc) is 0.691. The van der Waals surface area contributed by atoms with Crippen LogP contribution in [-0.4, -0.2) is 273 Å². The molecular formula is C59H96O27. The van der Waals surface area contributed by atoms with Crippen LogP contribution in [0.25, 0.3) is 0 Å². The molecule has 0 unspecified atom stereocenters. The second-order valence-electron chi connectivity index (χ2n) is 28.3. The van der Waals surface area contributed by atoms with Crippen molar-refractivity contribution in [3.63, 3.8) is 0 Å². The Labute approximate surface area is 499 Å². The number of carbonyl (C=O) groups excluding carboxylic acids is 1. The zero-order valence-corrected chi connectivity index (χ0v) is 50.2. The van der Waals surface area contributed by atoms with E-state index < -0.39 is 207 Å². The van der Waals surface area contributed by atoms with Crippen molar-refractivity contribution in [2.75, 3.05) is 26.4 Å². The number of allylic oxidation sites excluding steroid dienone is 1. The van der Waals surface area contributed by atoms with Gasteiger partial charge in [-0.2, -0.15) is 0 Å². The largest absolute Gasteiger partial charge is 0.432 e. The van der Waals surface area contributed by atoms with E-state index in [0.29, 0.717) is 44.9 Å². The topological polar surface area (TPSA) is 433 Å². The van der Waals surface area contributed by atoms with E-state index in [1.807, 2.05) is 6.92 Å². The first-order valence-corrected chi connectivity index (χ1v) is 30.8. The van der Waals surface area contributed by atoms with Gasteiger partial charge in [0.15, 0.2) is 25.2 Å². The molecule has 27 nitrogen and oxygen atoms in total. The fraction of sp³-hybridized carbons (Fsp3) is 0.949. The molecule has 27 heteroatoms. The normalized spacial score (nSPS) is 55.6. The Morgan fingerprint density at radius 1 is 0.558 bits per heavy atom. The van der Waals surface area contributed by atoms with E-state index in [2.05, 4.69) is 40.7 Å². The zero-order chi connectivity index (χ0) is 62.9. The van der Waals surface area contributed by atoms with Gasteiger partial charge in [0.1, 0.15) is 110 Å². The number of aliphatic hydroxyl groups excluding tert-OH is 15. The second-order valence-corrected chi connectivity index (χ2v) is 28.3. The summed E-state index contributed by atoms with van der Waals surface area (Å²) in [4.78, 5) is 15.2. The van der Waals surface area contributed by atoms with Crippen molar-refractivity contribution in [2.24, 2.45) is 50.7 Å². The van der Waals surface area contributed by atoms with Crippen LogP contribution in [0.15, 0.2) is 11.6 Å². The summed E-state index contributed by atoms with van der Waals surface area (Å²) in [6.45, 7) is 14.0. The molecular weight excluding hydrogens is 1140 g/mol. The lowest BCUT2D eigenvalue weighted by atomic mass is 9.33. The summed E-state index contributed by atoms with van der Waals surface area (Å²) in [7, 11) is 0. The van der Waals surface area contributed by atoms with Gasteiger partial charge in [-0.1, -0.05) is 53.2 Å². The molecule has 5 aliphatic carbocycles. The molecule has 0 amide bonds. The van der Waals surface area contributed by atoms with Crippen LogP contribution in [0.3, 0.4) is 0 Å². The lowest BCUT2D eigenvalue weighted by Gasteiger charge is -2.72. The molecule has 0 aromatic rings. The third-order valence-corrected chi connectivity index (χ3v) is 23.5. The van der Waals surface area contributed by atoms with Gasteiger partial charge in [-0.3, -0.25) is 4.79 Å². The zero-order valence-electron chi connectivity index (χ0n) is 50.2. The van der Waals surface area contributed by atoms with Gasteiger partial charge in [0.05, 0.1) is 49.7 Å². The van der Waals surface area contributed by atoms with Crippen LogP contribution in [0.4, 0.5) is 0 Å². The molecule has 0 aromatic heterocycles. The van der Waals surface area contributed by atoms with E-state index in [1.54, 1.807) is 6.92 Å². The van der Waals surface area contributed by atoms with Gasteiger partial charge in [0, 0.05) is 5.92 Å². The summed E-state index contributed by atoms with van der Waals surface area (Å²) >= 11 is 0. The summed E-state index contributed by atoms with van der Waals surface area (Å²) < 4.78 is 59.6. The van der Waals surface area contributed by atoms with E-state index in [4.69, 9.17) is 47.4 Å². The van der Waals surface area contributed by atoms with Crippen molar-refractivity contribution in [3.8, 4) is 0 Å². The van der Waals surface area contributed by atoms with Crippen molar-refractivity contribution >= 4 is 5.97 Å². The molecule has 86 heavy (non-hydrogen) atoms. The molecule has 5 saturated heterocycles. The third kappa shape index (κ3) is 10.9. The maximum atomic E-state index is 15.2. The van der Waals surface area contributed by atoms with Crippen molar-refractivity contribution < 1.29 is 134 Å². The van der Waals surface area contributed by atoms with E-state index in [-0.39, 0.29) is 35.2 Å². The highest BCUT2D eigenvalue weighted by atomic mass is 16.8. The number of ether oxygens (including phenoxy) is 10. The van der Waals surface area contributed by atoms with E-state index in [1.165, 1.54) is 6.92 Å². The minimum Gasteiger partial charge on any atom is -0.432 e. The molecule has 5 heterocycles. The van der Waals surface area contributed by atoms with Crippen LogP contribution >= 0.6 is 0 Å². The number of carbonyl (C=O) groups is 1. The summed E-state index contributed by atoms with van der Waals surface area (Å²) in [5.41, 5.74) is -3.51. The van der Waals surface area contributed by atoms with Gasteiger partial charge >= 0.3 is 5.97 Å². The fourth-order valence-electron chi connectivity index (χ4n) is 17.8. The highest BCUT2D eigenvalue weighted by Gasteiger charge is 2.72. The minimum absolute atomic E-state index is 0.0627. The van der Waals surface area contributed by atoms with E-state index >= 15 is 4.79 Å². The van der Waals surface area contributed by atoms with E-state index in [0.717, 1.165) is 18.4 Å². The number of rotatable bonds is 13. The Kier molecular flexibility index (Phi) is 19.2. The van der Waals surface area contributed by atoms with Crippen LogP contribution in [0.1, 0.15) is 113 Å². The molecule has 494 valence electrons. The SMILES string of the molecule is C[C@@H]1O[C@@H](O[C@@H]2[C@H](O[C@H]3CC[C@]4(C)[C@H]5CC=C6[C@H]7[C@](C(=O)O[C@@H]8O[C@H](CO[C@@H]9O[C@H](CO)[C@@H](O)[C@H](O)[C@H]9O)[C@@H](O)[C@H](O)[C@H]8O)(CC[C@@H](C)[C@@]7(C)O)CC[C@@]6(C)[C@]5(C)CC[C@H]4C3(C)C)OC[C@@H](O)[C@H]2O)[C@H](O)[C@H](O[C@@H]2O[C@H](CO)[C@@H](O)[C@H](O)[C@H]2O)[C@H]1O. The third-order valence-electron chi connectivity index (χ3n) is 23.5. The molecule has 0 spiro atoms. The number of aliphatic hydroxyl groups is 16. The van der Waals surface area contributed by atoms with Crippen molar-refractivity contribution in [1.82, 2.24) is 0 Å². The number of hydrogen-bond donors (Lipinski definition) is 16. The molecule has 34 atom stereocenters. The Hall–Kier alpha value is -1.79. The quantitative estimate of drug-likeness (QED) is 0.0482. The Morgan fingerprint density at radius 2 is 1.13 bits per heavy atom. The average molecular weight is 1240 g/mol. The Balaban J connectivity index is 0.851. The van der Waals surface area contributed by atoms with Gasteiger partial charge in [-0.15, -0.1) is 0 Å². The van der Waals surface area contributed by atoms with Crippen molar-refractivity contribution in [2.45, 2.75) is 272 Å². The molecule has 0 radical (unpaired) electrons. The van der Waals surface area contributed by atoms with Crippen LogP contribution in [0, 0.1) is 50.7 Å². The van der Waals surface area contributed by atoms with E-state index in [9.17, 15) is 81.7 Å². The lowest BCUT2D eigenvalue weighted by Crippen LogP contribution is -2.68. The summed E-state index contributed by atoms with van der Waals surface area (Å²) in [6, 6.07) is 0. The van der Waals surface area contributed by atoms with Gasteiger partial charge < -0.3 is 129 Å². The van der Waals surface area contributed by atoms with Crippen LogP contribution < -0.4 is 0 Å². The highest BCUT2D eigenvalue weighted by Crippen LogP contribution is 2.76. The first-order chi connectivity index (χ1) is 40.2. The van der Waals surface area contributed by atoms with Gasteiger partial charge in [-0.25, -0.2) is 0 Å². The summed E-state index contributed by atoms with van der Waals surface area (Å²) in [5.74, 6) is -1.58. The fourth-order valence-corrected chi connectivity index (χ4v) is 17.8. The maximum Gasteiger partial charge on any atom is 0.315 e. The first kappa shape index (κ1) is 67.1. The first-order valence-electron chi connectivity index (χ1n) is 30.8. The maximum absolute atomic E-state index is 15.2. The second kappa shape index (κ2) is 24.6. The number of esters is 1. The predicted octanol–water partition coefficient (Wildman–Crippen LogP) is -3.57. The Morgan fingerprint density at radius 3 is 1.77 bits per heavy atom. The predicted molar refractivity (Wildman–Crippen MR) is 289 cm³/mol. The summed E-state index contributed by atoms with van der Waals surface area (Å²) in [5, 5.41) is 174. The monoisotopic (exact) mass is 1240 g/mol. The van der Waals surface area contributed by atoms with Crippen LogP contribution in [0.2, 0.25) is 0 Å². The molecule has 5 aliphatic heterocycles. The number of fused-ring (bicyclic) bond motifs is 7. The summed E-state index contributed by atoms with van der Waals surface area (Å²) in [6.07, 6.45) is -32.2. The molecule has 10 aliphatic rings. The van der Waals surface area contributed by atoms with Crippen molar-refractivity contribution in [1.29, 1.82) is 0 Å². The minimum atomic E-state index is -1.92. The molecule has 4 saturated carbocycles. The molecule has 10 rings (SSSR count). The lowest BCUT2D eigenvalue weighted by molar-refractivity contribution is -0.382.